The third-order valence-corrected chi connectivity index (χ3v) is 4.09. The van der Waals surface area contributed by atoms with Crippen LogP contribution in [0.4, 0.5) is 8.78 Å². The Morgan fingerprint density at radius 2 is 1.82 bits per heavy atom. The molecule has 2 rings (SSSR count). The number of aliphatic hydroxyl groups is 1. The first kappa shape index (κ1) is 12.7. The molecule has 98 valence electrons. The highest BCUT2D eigenvalue weighted by Crippen LogP contribution is 2.37. The van der Waals surface area contributed by atoms with Gasteiger partial charge in [-0.3, -0.25) is 4.79 Å². The van der Waals surface area contributed by atoms with Crippen LogP contribution in [-0.2, 0) is 4.79 Å². The van der Waals surface area contributed by atoms with Crippen LogP contribution >= 0.6 is 0 Å². The highest BCUT2D eigenvalue weighted by Gasteiger charge is 2.42. The second-order valence-electron chi connectivity index (χ2n) is 5.41. The van der Waals surface area contributed by atoms with Crippen LogP contribution in [-0.4, -0.2) is 29.1 Å². The van der Waals surface area contributed by atoms with Gasteiger partial charge >= 0.3 is 0 Å². The smallest absolute Gasteiger partial charge is 0.248 e. The molecule has 17 heavy (non-hydrogen) atoms. The molecule has 0 radical (unpaired) electrons. The molecule has 2 aliphatic rings. The average molecular weight is 247 g/mol. The molecule has 0 heterocycles. The maximum atomic E-state index is 13.0. The summed E-state index contributed by atoms with van der Waals surface area (Å²) in [4.78, 5) is 11.9. The molecule has 0 aliphatic heterocycles. The first-order chi connectivity index (χ1) is 7.96. The second-order valence-corrected chi connectivity index (χ2v) is 5.41. The third kappa shape index (κ3) is 2.76. The number of hydrogen-bond acceptors (Lipinski definition) is 2. The van der Waals surface area contributed by atoms with Crippen LogP contribution in [0, 0.1) is 5.92 Å². The quantitative estimate of drug-likeness (QED) is 0.799. The summed E-state index contributed by atoms with van der Waals surface area (Å²) in [6, 6.07) is 0. The summed E-state index contributed by atoms with van der Waals surface area (Å²) in [5.74, 6) is -3.06. The van der Waals surface area contributed by atoms with E-state index in [9.17, 15) is 18.7 Å². The summed E-state index contributed by atoms with van der Waals surface area (Å²) < 4.78 is 25.9. The number of hydrogen-bond donors (Lipinski definition) is 2. The highest BCUT2D eigenvalue weighted by molar-refractivity contribution is 5.79. The van der Waals surface area contributed by atoms with E-state index in [2.05, 4.69) is 5.32 Å². The van der Waals surface area contributed by atoms with Gasteiger partial charge in [-0.25, -0.2) is 8.78 Å². The van der Waals surface area contributed by atoms with Crippen molar-refractivity contribution in [2.75, 3.05) is 6.61 Å². The van der Waals surface area contributed by atoms with Gasteiger partial charge in [0.2, 0.25) is 11.8 Å². The molecular weight excluding hydrogens is 228 g/mol. The number of aliphatic hydroxyl groups excluding tert-OH is 1. The lowest BCUT2D eigenvalue weighted by atomic mass is 9.76. The molecule has 2 saturated carbocycles. The normalized spacial score (nSPS) is 27.2. The predicted octanol–water partition coefficient (Wildman–Crippen LogP) is 1.84. The number of rotatable bonds is 3. The van der Waals surface area contributed by atoms with Gasteiger partial charge in [0.15, 0.2) is 0 Å². The number of halogens is 2. The van der Waals surface area contributed by atoms with E-state index in [1.165, 1.54) is 0 Å². The van der Waals surface area contributed by atoms with E-state index in [0.717, 1.165) is 19.3 Å². The SMILES string of the molecule is O=C(NC1(CO)CCC1)C1CCC(F)(F)CC1. The topological polar surface area (TPSA) is 49.3 Å². The van der Waals surface area contributed by atoms with Gasteiger partial charge in [-0.1, -0.05) is 0 Å². The summed E-state index contributed by atoms with van der Waals surface area (Å²) in [6.45, 7) is -0.0539. The van der Waals surface area contributed by atoms with Gasteiger partial charge < -0.3 is 10.4 Å². The fourth-order valence-corrected chi connectivity index (χ4v) is 2.59. The summed E-state index contributed by atoms with van der Waals surface area (Å²) in [5, 5.41) is 12.1. The highest BCUT2D eigenvalue weighted by atomic mass is 19.3. The molecule has 0 saturated heterocycles. The van der Waals surface area contributed by atoms with Crippen LogP contribution in [0.15, 0.2) is 0 Å². The van der Waals surface area contributed by atoms with Gasteiger partial charge in [-0.2, -0.15) is 0 Å². The molecule has 2 N–H and O–H groups in total. The molecule has 0 aromatic heterocycles. The first-order valence-electron chi connectivity index (χ1n) is 6.27. The molecule has 0 unspecified atom stereocenters. The molecule has 5 heteroatoms. The molecule has 1 amide bonds. The molecule has 0 bridgehead atoms. The lowest BCUT2D eigenvalue weighted by Crippen LogP contribution is -2.57. The maximum Gasteiger partial charge on any atom is 0.248 e. The van der Waals surface area contributed by atoms with Crippen LogP contribution in [0.3, 0.4) is 0 Å². The summed E-state index contributed by atoms with van der Waals surface area (Å²) >= 11 is 0. The largest absolute Gasteiger partial charge is 0.394 e. The van der Waals surface area contributed by atoms with Crippen molar-refractivity contribution < 1.29 is 18.7 Å². The van der Waals surface area contributed by atoms with Gasteiger partial charge in [0, 0.05) is 18.8 Å². The standard InChI is InChI=1S/C12H19F2NO2/c13-12(14)6-2-9(3-7-12)10(17)15-11(8-16)4-1-5-11/h9,16H,1-8H2,(H,15,17). The molecule has 0 spiro atoms. The van der Waals surface area contributed by atoms with Crippen molar-refractivity contribution in [2.45, 2.75) is 56.4 Å². The lowest BCUT2D eigenvalue weighted by molar-refractivity contribution is -0.133. The number of alkyl halides is 2. The van der Waals surface area contributed by atoms with Crippen LogP contribution in [0.2, 0.25) is 0 Å². The van der Waals surface area contributed by atoms with Crippen molar-refractivity contribution in [1.82, 2.24) is 5.32 Å². The number of carbonyl (C=O) groups excluding carboxylic acids is 1. The molecule has 0 aromatic carbocycles. The van der Waals surface area contributed by atoms with Crippen LogP contribution in [0.25, 0.3) is 0 Å². The van der Waals surface area contributed by atoms with E-state index in [4.69, 9.17) is 0 Å². The second kappa shape index (κ2) is 4.52. The van der Waals surface area contributed by atoms with Crippen LogP contribution in [0.1, 0.15) is 44.9 Å². The predicted molar refractivity (Wildman–Crippen MR) is 58.7 cm³/mol. The molecule has 0 atom stereocenters. The van der Waals surface area contributed by atoms with Gasteiger partial charge in [-0.05, 0) is 32.1 Å². The van der Waals surface area contributed by atoms with Gasteiger partial charge in [0.25, 0.3) is 0 Å². The Bertz CT molecular complexity index is 287. The minimum atomic E-state index is -2.60. The van der Waals surface area contributed by atoms with E-state index in [0.29, 0.717) is 0 Å². The van der Waals surface area contributed by atoms with E-state index < -0.39 is 11.5 Å². The molecule has 2 aliphatic carbocycles. The van der Waals surface area contributed by atoms with E-state index in [1.807, 2.05) is 0 Å². The summed E-state index contributed by atoms with van der Waals surface area (Å²) in [5.41, 5.74) is -0.461. The van der Waals surface area contributed by atoms with E-state index >= 15 is 0 Å². The zero-order valence-electron chi connectivity index (χ0n) is 9.85. The Morgan fingerprint density at radius 3 is 2.24 bits per heavy atom. The molecule has 3 nitrogen and oxygen atoms in total. The van der Waals surface area contributed by atoms with E-state index in [-0.39, 0.29) is 44.1 Å². The van der Waals surface area contributed by atoms with Crippen LogP contribution in [0.5, 0.6) is 0 Å². The summed E-state index contributed by atoms with van der Waals surface area (Å²) in [6.07, 6.45) is 2.69. The molecular formula is C12H19F2NO2. The van der Waals surface area contributed by atoms with E-state index in [1.54, 1.807) is 0 Å². The van der Waals surface area contributed by atoms with Crippen molar-refractivity contribution >= 4 is 5.91 Å². The zero-order valence-corrected chi connectivity index (χ0v) is 9.85. The average Bonchev–Trinajstić information content (AvgIpc) is 2.23. The van der Waals surface area contributed by atoms with Crippen molar-refractivity contribution in [3.05, 3.63) is 0 Å². The lowest BCUT2D eigenvalue weighted by Gasteiger charge is -2.42. The fourth-order valence-electron chi connectivity index (χ4n) is 2.59. The minimum Gasteiger partial charge on any atom is -0.394 e. The number of carbonyl (C=O) groups is 1. The first-order valence-corrected chi connectivity index (χ1v) is 6.27. The van der Waals surface area contributed by atoms with Crippen molar-refractivity contribution in [2.24, 2.45) is 5.92 Å². The Kier molecular flexibility index (Phi) is 3.39. The number of nitrogens with one attached hydrogen (secondary N) is 1. The van der Waals surface area contributed by atoms with Crippen LogP contribution < -0.4 is 5.32 Å². The maximum absolute atomic E-state index is 13.0. The minimum absolute atomic E-state index is 0.0539. The molecule has 2 fully saturated rings. The van der Waals surface area contributed by atoms with Gasteiger partial charge in [-0.15, -0.1) is 0 Å². The third-order valence-electron chi connectivity index (χ3n) is 4.09. The Labute approximate surface area is 99.6 Å². The van der Waals surface area contributed by atoms with Gasteiger partial charge in [0.1, 0.15) is 0 Å². The number of amides is 1. The molecule has 0 aromatic rings. The Morgan fingerprint density at radius 1 is 1.24 bits per heavy atom. The van der Waals surface area contributed by atoms with Crippen molar-refractivity contribution in [3.8, 4) is 0 Å². The van der Waals surface area contributed by atoms with Gasteiger partial charge in [0.05, 0.1) is 12.1 Å². The van der Waals surface area contributed by atoms with Crippen molar-refractivity contribution in [3.63, 3.8) is 0 Å². The summed E-state index contributed by atoms with van der Waals surface area (Å²) in [7, 11) is 0. The Hall–Kier alpha value is -0.710. The Balaban J connectivity index is 1.85. The monoisotopic (exact) mass is 247 g/mol. The van der Waals surface area contributed by atoms with Crippen molar-refractivity contribution in [1.29, 1.82) is 0 Å². The fraction of sp³-hybridized carbons (Fsp3) is 0.917. The zero-order chi connectivity index (χ0) is 12.5.